The Hall–Kier alpha value is -0.560. The van der Waals surface area contributed by atoms with Crippen LogP contribution in [-0.2, 0) is 18.9 Å². The zero-order valence-electron chi connectivity index (χ0n) is 16.7. The Balaban J connectivity index is 1.70. The van der Waals surface area contributed by atoms with Gasteiger partial charge in [0.05, 0.1) is 19.3 Å². The average molecular weight is 455 g/mol. The Kier molecular flexibility index (Phi) is 8.21. The van der Waals surface area contributed by atoms with E-state index in [1.165, 1.54) is 0 Å². The molecule has 182 valence electrons. The van der Waals surface area contributed by atoms with Gasteiger partial charge < -0.3 is 71.9 Å². The summed E-state index contributed by atoms with van der Waals surface area (Å²) in [4.78, 5) is 0. The van der Waals surface area contributed by atoms with Crippen molar-refractivity contribution in [2.45, 2.75) is 92.1 Å². The van der Waals surface area contributed by atoms with Crippen molar-refractivity contribution >= 4 is 0 Å². The second kappa shape index (κ2) is 10.1. The maximum Gasteiger partial charge on any atom is 0.186 e. The first kappa shape index (κ1) is 25.1. The molecule has 3 aliphatic rings. The van der Waals surface area contributed by atoms with Gasteiger partial charge in [-0.2, -0.15) is 0 Å². The molecule has 0 radical (unpaired) electrons. The van der Waals surface area contributed by atoms with E-state index in [0.717, 1.165) is 0 Å². The van der Waals surface area contributed by atoms with Gasteiger partial charge in [-0.1, -0.05) is 0 Å². The van der Waals surface area contributed by atoms with Crippen LogP contribution in [0.15, 0.2) is 0 Å². The van der Waals surface area contributed by atoms with E-state index in [0.29, 0.717) is 0 Å². The third kappa shape index (κ3) is 5.02. The van der Waals surface area contributed by atoms with Crippen LogP contribution in [0.2, 0.25) is 0 Å². The molecule has 13 N–H and O–H groups in total. The molecule has 0 aromatic rings. The Labute approximate surface area is 178 Å². The first-order valence-corrected chi connectivity index (χ1v) is 10.1. The van der Waals surface area contributed by atoms with Crippen LogP contribution in [0.5, 0.6) is 0 Å². The first-order chi connectivity index (χ1) is 14.6. The van der Waals surface area contributed by atoms with Gasteiger partial charge in [-0.3, -0.25) is 0 Å². The van der Waals surface area contributed by atoms with Crippen LogP contribution < -0.4 is 17.2 Å². The number of hydrogen-bond acceptors (Lipinski definition) is 14. The smallest absolute Gasteiger partial charge is 0.186 e. The molecule has 0 bridgehead atoms. The summed E-state index contributed by atoms with van der Waals surface area (Å²) >= 11 is 0. The molecule has 14 atom stereocenters. The van der Waals surface area contributed by atoms with Crippen LogP contribution in [0.25, 0.3) is 0 Å². The van der Waals surface area contributed by atoms with Gasteiger partial charge in [-0.25, -0.2) is 0 Å². The highest BCUT2D eigenvalue weighted by Crippen LogP contribution is 2.30. The highest BCUT2D eigenvalue weighted by molar-refractivity contribution is 5.01. The van der Waals surface area contributed by atoms with E-state index in [-0.39, 0.29) is 13.0 Å². The molecule has 0 amide bonds. The van der Waals surface area contributed by atoms with Crippen molar-refractivity contribution in [3.63, 3.8) is 0 Å². The molecule has 14 unspecified atom stereocenters. The van der Waals surface area contributed by atoms with Crippen molar-refractivity contribution in [3.8, 4) is 0 Å². The second-order valence-electron chi connectivity index (χ2n) is 8.29. The standard InChI is InChI=1S/C17H33N3O11/c18-4-1-5(19)15(31-17-12(26)9(23)6(22)3-28-17)13(27)14(4)30-16-8(20)11(25)10(24)7(2-21)29-16/h4-17,21-27H,1-3,18-20H2. The summed E-state index contributed by atoms with van der Waals surface area (Å²) in [5.41, 5.74) is 18.0. The summed E-state index contributed by atoms with van der Waals surface area (Å²) in [6, 6.07) is -2.78. The van der Waals surface area contributed by atoms with Crippen molar-refractivity contribution in [1.29, 1.82) is 0 Å². The summed E-state index contributed by atoms with van der Waals surface area (Å²) < 4.78 is 21.9. The van der Waals surface area contributed by atoms with Gasteiger partial charge in [0, 0.05) is 12.1 Å². The lowest BCUT2D eigenvalue weighted by Crippen LogP contribution is -2.68. The molecule has 2 aliphatic heterocycles. The zero-order valence-corrected chi connectivity index (χ0v) is 16.7. The van der Waals surface area contributed by atoms with Crippen molar-refractivity contribution in [2.75, 3.05) is 13.2 Å². The summed E-state index contributed by atoms with van der Waals surface area (Å²) in [6.07, 6.45) is -14.7. The van der Waals surface area contributed by atoms with Crippen LogP contribution in [0.3, 0.4) is 0 Å². The minimum Gasteiger partial charge on any atom is -0.394 e. The van der Waals surface area contributed by atoms with Gasteiger partial charge >= 0.3 is 0 Å². The average Bonchev–Trinajstić information content (AvgIpc) is 2.73. The largest absolute Gasteiger partial charge is 0.394 e. The molecule has 1 aliphatic carbocycles. The minimum atomic E-state index is -1.59. The van der Waals surface area contributed by atoms with Crippen LogP contribution in [0.1, 0.15) is 6.42 Å². The Morgan fingerprint density at radius 2 is 1.32 bits per heavy atom. The van der Waals surface area contributed by atoms with Crippen molar-refractivity contribution < 1.29 is 54.7 Å². The van der Waals surface area contributed by atoms with Gasteiger partial charge in [-0.15, -0.1) is 0 Å². The van der Waals surface area contributed by atoms with Gasteiger partial charge in [0.25, 0.3) is 0 Å². The van der Waals surface area contributed by atoms with E-state index < -0.39 is 92.2 Å². The topological polar surface area (TPSA) is 257 Å². The molecule has 14 nitrogen and oxygen atoms in total. The zero-order chi connectivity index (χ0) is 23.0. The SMILES string of the molecule is NC1CC(N)C(OC2OCC(O)C(O)C2O)C(O)C1OC1OC(CO)C(O)C(O)C1N. The second-order valence-corrected chi connectivity index (χ2v) is 8.29. The first-order valence-electron chi connectivity index (χ1n) is 10.1. The van der Waals surface area contributed by atoms with Crippen LogP contribution in [0, 0.1) is 0 Å². The van der Waals surface area contributed by atoms with E-state index in [4.69, 9.17) is 36.1 Å². The van der Waals surface area contributed by atoms with E-state index in [1.54, 1.807) is 0 Å². The van der Waals surface area contributed by atoms with E-state index in [1.807, 2.05) is 0 Å². The third-order valence-electron chi connectivity index (χ3n) is 6.03. The predicted molar refractivity (Wildman–Crippen MR) is 99.8 cm³/mol. The Morgan fingerprint density at radius 1 is 0.742 bits per heavy atom. The van der Waals surface area contributed by atoms with E-state index >= 15 is 0 Å². The van der Waals surface area contributed by atoms with Crippen LogP contribution in [0.4, 0.5) is 0 Å². The number of aliphatic hydroxyl groups is 7. The van der Waals surface area contributed by atoms with Gasteiger partial charge in [0.1, 0.15) is 54.9 Å². The number of rotatable bonds is 5. The monoisotopic (exact) mass is 455 g/mol. The fourth-order valence-corrected chi connectivity index (χ4v) is 4.07. The summed E-state index contributed by atoms with van der Waals surface area (Å²) in [6.45, 7) is -0.903. The van der Waals surface area contributed by atoms with Crippen LogP contribution in [-0.4, -0.2) is 135 Å². The lowest BCUT2D eigenvalue weighted by Gasteiger charge is -2.47. The number of aliphatic hydroxyl groups excluding tert-OH is 7. The van der Waals surface area contributed by atoms with Gasteiger partial charge in [0.2, 0.25) is 0 Å². The number of ether oxygens (including phenoxy) is 4. The van der Waals surface area contributed by atoms with E-state index in [2.05, 4.69) is 0 Å². The molecular formula is C17H33N3O11. The lowest BCUT2D eigenvalue weighted by molar-refractivity contribution is -0.317. The predicted octanol–water partition coefficient (Wildman–Crippen LogP) is -6.62. The summed E-state index contributed by atoms with van der Waals surface area (Å²) in [5, 5.41) is 69.6. The molecule has 3 fully saturated rings. The quantitative estimate of drug-likeness (QED) is 0.185. The lowest BCUT2D eigenvalue weighted by atomic mass is 9.84. The fraction of sp³-hybridized carbons (Fsp3) is 1.00. The van der Waals surface area contributed by atoms with Crippen molar-refractivity contribution in [2.24, 2.45) is 17.2 Å². The molecule has 31 heavy (non-hydrogen) atoms. The van der Waals surface area contributed by atoms with Crippen molar-refractivity contribution in [1.82, 2.24) is 0 Å². The maximum absolute atomic E-state index is 10.8. The van der Waals surface area contributed by atoms with Crippen LogP contribution >= 0.6 is 0 Å². The fourth-order valence-electron chi connectivity index (χ4n) is 4.07. The molecule has 0 aromatic carbocycles. The molecular weight excluding hydrogens is 422 g/mol. The highest BCUT2D eigenvalue weighted by Gasteiger charge is 2.50. The van der Waals surface area contributed by atoms with Gasteiger partial charge in [-0.05, 0) is 6.42 Å². The van der Waals surface area contributed by atoms with Gasteiger partial charge in [0.15, 0.2) is 12.6 Å². The summed E-state index contributed by atoms with van der Waals surface area (Å²) in [7, 11) is 0. The molecule has 3 rings (SSSR count). The third-order valence-corrected chi connectivity index (χ3v) is 6.03. The highest BCUT2D eigenvalue weighted by atomic mass is 16.7. The Morgan fingerprint density at radius 3 is 1.90 bits per heavy atom. The molecule has 2 heterocycles. The normalized spacial score (nSPS) is 54.0. The molecule has 14 heteroatoms. The Bertz CT molecular complexity index is 590. The molecule has 0 aromatic heterocycles. The molecule has 2 saturated heterocycles. The molecule has 0 spiro atoms. The minimum absolute atomic E-state index is 0.122. The number of nitrogens with two attached hydrogens (primary N) is 3. The van der Waals surface area contributed by atoms with Crippen molar-refractivity contribution in [3.05, 3.63) is 0 Å². The number of hydrogen-bond donors (Lipinski definition) is 10. The summed E-state index contributed by atoms with van der Waals surface area (Å²) in [5.74, 6) is 0. The van der Waals surface area contributed by atoms with E-state index in [9.17, 15) is 35.7 Å². The maximum atomic E-state index is 10.8. The molecule has 1 saturated carbocycles.